The zero-order valence-electron chi connectivity index (χ0n) is 14.5. The molecule has 4 rings (SSSR count). The molecule has 1 aromatic carbocycles. The first-order valence-corrected chi connectivity index (χ1v) is 9.13. The number of likely N-dealkylation sites (N-methyl/N-ethyl adjacent to an activating group) is 1. The number of nitrogens with two attached hydrogens (primary N) is 1. The van der Waals surface area contributed by atoms with Crippen LogP contribution >= 0.6 is 0 Å². The molecular formula is C19H25N3O3. The van der Waals surface area contributed by atoms with E-state index in [9.17, 15) is 9.59 Å². The monoisotopic (exact) mass is 343 g/mol. The second kappa shape index (κ2) is 6.33. The maximum atomic E-state index is 12.8. The van der Waals surface area contributed by atoms with Crippen molar-refractivity contribution in [3.8, 4) is 5.75 Å². The van der Waals surface area contributed by atoms with Gasteiger partial charge in [-0.05, 0) is 55.7 Å². The number of benzene rings is 1. The highest BCUT2D eigenvalue weighted by Gasteiger charge is 2.40. The summed E-state index contributed by atoms with van der Waals surface area (Å²) in [4.78, 5) is 26.1. The average molecular weight is 343 g/mol. The number of carbonyl (C=O) groups excluding carboxylic acids is 2. The number of hydrogen-bond donors (Lipinski definition) is 2. The number of fused-ring (bicyclic) bond motifs is 3. The van der Waals surface area contributed by atoms with E-state index in [0.717, 1.165) is 25.7 Å². The quantitative estimate of drug-likeness (QED) is 0.861. The third-order valence-corrected chi connectivity index (χ3v) is 6.10. The van der Waals surface area contributed by atoms with Crippen LogP contribution in [0, 0.1) is 17.8 Å². The Balaban J connectivity index is 1.47. The van der Waals surface area contributed by atoms with Gasteiger partial charge in [0, 0.05) is 24.7 Å². The molecule has 2 amide bonds. The predicted octanol–water partition coefficient (Wildman–Crippen LogP) is 2.13. The van der Waals surface area contributed by atoms with Gasteiger partial charge in [-0.1, -0.05) is 6.42 Å². The van der Waals surface area contributed by atoms with E-state index in [1.807, 2.05) is 6.07 Å². The van der Waals surface area contributed by atoms with Gasteiger partial charge in [0.2, 0.25) is 5.91 Å². The van der Waals surface area contributed by atoms with E-state index in [4.69, 9.17) is 10.5 Å². The lowest BCUT2D eigenvalue weighted by Crippen LogP contribution is -2.48. The van der Waals surface area contributed by atoms with E-state index in [2.05, 4.69) is 5.32 Å². The van der Waals surface area contributed by atoms with E-state index in [1.54, 1.807) is 24.1 Å². The minimum Gasteiger partial charge on any atom is -0.482 e. The number of nitrogens with zero attached hydrogens (tertiary/aromatic N) is 1. The average Bonchev–Trinajstić information content (AvgIpc) is 2.58. The molecule has 6 heteroatoms. The van der Waals surface area contributed by atoms with Crippen molar-refractivity contribution in [2.45, 2.75) is 38.1 Å². The molecule has 25 heavy (non-hydrogen) atoms. The number of carbonyl (C=O) groups is 2. The molecule has 2 saturated carbocycles. The summed E-state index contributed by atoms with van der Waals surface area (Å²) in [5, 5.41) is 3.03. The summed E-state index contributed by atoms with van der Waals surface area (Å²) in [7, 11) is 1.72. The third-order valence-electron chi connectivity index (χ3n) is 6.10. The van der Waals surface area contributed by atoms with Crippen molar-refractivity contribution in [1.82, 2.24) is 0 Å². The van der Waals surface area contributed by atoms with Gasteiger partial charge in [0.25, 0.3) is 5.91 Å². The molecule has 1 aliphatic heterocycles. The van der Waals surface area contributed by atoms with Gasteiger partial charge in [-0.25, -0.2) is 0 Å². The lowest BCUT2D eigenvalue weighted by Gasteiger charge is -2.43. The fraction of sp³-hybridized carbons (Fsp3) is 0.579. The van der Waals surface area contributed by atoms with Crippen molar-refractivity contribution in [3.63, 3.8) is 0 Å². The van der Waals surface area contributed by atoms with Crippen LogP contribution in [0.4, 0.5) is 11.4 Å². The Morgan fingerprint density at radius 1 is 1.28 bits per heavy atom. The standard InChI is InChI=1S/C19H25N3O3/c1-22-15-9-14(5-6-16(15)25-10-17(22)23)21-19(24)13-7-11-3-2-4-12(8-13)18(11)20/h5-6,9,11-13,18H,2-4,7-8,10,20H2,1H3,(H,21,24). The van der Waals surface area contributed by atoms with Crippen LogP contribution in [0.3, 0.4) is 0 Å². The van der Waals surface area contributed by atoms with E-state index >= 15 is 0 Å². The number of hydrogen-bond acceptors (Lipinski definition) is 4. The van der Waals surface area contributed by atoms with Crippen molar-refractivity contribution >= 4 is 23.2 Å². The van der Waals surface area contributed by atoms with Crippen LogP contribution in [0.5, 0.6) is 5.75 Å². The maximum Gasteiger partial charge on any atom is 0.264 e. The molecule has 1 heterocycles. The topological polar surface area (TPSA) is 84.7 Å². The molecule has 6 nitrogen and oxygen atoms in total. The van der Waals surface area contributed by atoms with E-state index in [1.165, 1.54) is 6.42 Å². The number of anilines is 2. The maximum absolute atomic E-state index is 12.8. The van der Waals surface area contributed by atoms with Crippen LogP contribution in [-0.4, -0.2) is 31.5 Å². The molecular weight excluding hydrogens is 318 g/mol. The molecule has 1 aromatic rings. The van der Waals surface area contributed by atoms with Crippen LogP contribution in [0.15, 0.2) is 18.2 Å². The molecule has 2 unspecified atom stereocenters. The van der Waals surface area contributed by atoms with Gasteiger partial charge in [0.05, 0.1) is 5.69 Å². The summed E-state index contributed by atoms with van der Waals surface area (Å²) in [6, 6.07) is 5.70. The van der Waals surface area contributed by atoms with Crippen molar-refractivity contribution in [1.29, 1.82) is 0 Å². The van der Waals surface area contributed by atoms with Crippen molar-refractivity contribution in [3.05, 3.63) is 18.2 Å². The molecule has 2 fully saturated rings. The fourth-order valence-corrected chi connectivity index (χ4v) is 4.60. The predicted molar refractivity (Wildman–Crippen MR) is 95.5 cm³/mol. The Morgan fingerprint density at radius 2 is 2.00 bits per heavy atom. The van der Waals surface area contributed by atoms with Crippen molar-refractivity contribution in [2.75, 3.05) is 23.9 Å². The highest BCUT2D eigenvalue weighted by Crippen LogP contribution is 2.42. The first kappa shape index (κ1) is 16.4. The molecule has 2 bridgehead atoms. The lowest BCUT2D eigenvalue weighted by molar-refractivity contribution is -0.122. The molecule has 0 spiro atoms. The van der Waals surface area contributed by atoms with Gasteiger partial charge in [-0.3, -0.25) is 9.59 Å². The summed E-state index contributed by atoms with van der Waals surface area (Å²) in [6.07, 6.45) is 5.30. The zero-order valence-corrected chi connectivity index (χ0v) is 14.5. The van der Waals surface area contributed by atoms with Gasteiger partial charge < -0.3 is 20.7 Å². The van der Waals surface area contributed by atoms with Gasteiger partial charge in [0.15, 0.2) is 6.61 Å². The lowest BCUT2D eigenvalue weighted by atomic mass is 9.65. The van der Waals surface area contributed by atoms with Crippen molar-refractivity contribution in [2.24, 2.45) is 23.5 Å². The molecule has 0 radical (unpaired) electrons. The van der Waals surface area contributed by atoms with E-state index < -0.39 is 0 Å². The summed E-state index contributed by atoms with van der Waals surface area (Å²) >= 11 is 0. The summed E-state index contributed by atoms with van der Waals surface area (Å²) in [5.41, 5.74) is 7.71. The van der Waals surface area contributed by atoms with Crippen LogP contribution in [0.1, 0.15) is 32.1 Å². The summed E-state index contributed by atoms with van der Waals surface area (Å²) < 4.78 is 5.43. The number of rotatable bonds is 2. The molecule has 3 N–H and O–H groups in total. The Bertz CT molecular complexity index is 691. The molecule has 2 atom stereocenters. The number of amides is 2. The smallest absolute Gasteiger partial charge is 0.264 e. The van der Waals surface area contributed by atoms with Gasteiger partial charge in [0.1, 0.15) is 5.75 Å². The molecule has 134 valence electrons. The van der Waals surface area contributed by atoms with Crippen LogP contribution in [-0.2, 0) is 9.59 Å². The van der Waals surface area contributed by atoms with Crippen LogP contribution in [0.2, 0.25) is 0 Å². The van der Waals surface area contributed by atoms with E-state index in [-0.39, 0.29) is 30.4 Å². The molecule has 2 aliphatic carbocycles. The second-order valence-electron chi connectivity index (χ2n) is 7.61. The number of nitrogens with one attached hydrogen (secondary N) is 1. The SMILES string of the molecule is CN1C(=O)COc2ccc(NC(=O)C3CC4CCCC(C3)C4N)cc21. The first-order valence-electron chi connectivity index (χ1n) is 9.13. The van der Waals surface area contributed by atoms with Gasteiger partial charge >= 0.3 is 0 Å². The molecule has 0 saturated heterocycles. The Kier molecular flexibility index (Phi) is 4.15. The highest BCUT2D eigenvalue weighted by atomic mass is 16.5. The number of ether oxygens (including phenoxy) is 1. The molecule has 0 aromatic heterocycles. The normalized spacial score (nSPS) is 31.1. The Hall–Kier alpha value is -2.08. The van der Waals surface area contributed by atoms with Gasteiger partial charge in [-0.15, -0.1) is 0 Å². The zero-order chi connectivity index (χ0) is 17.6. The Labute approximate surface area is 147 Å². The van der Waals surface area contributed by atoms with E-state index in [0.29, 0.717) is 29.0 Å². The minimum absolute atomic E-state index is 0.0294. The largest absolute Gasteiger partial charge is 0.482 e. The summed E-state index contributed by atoms with van der Waals surface area (Å²) in [5.74, 6) is 1.62. The second-order valence-corrected chi connectivity index (χ2v) is 7.61. The van der Waals surface area contributed by atoms with Crippen molar-refractivity contribution < 1.29 is 14.3 Å². The first-order chi connectivity index (χ1) is 12.0. The van der Waals surface area contributed by atoms with Gasteiger partial charge in [-0.2, -0.15) is 0 Å². The summed E-state index contributed by atoms with van der Waals surface area (Å²) in [6.45, 7) is 0.0559. The Morgan fingerprint density at radius 3 is 2.72 bits per heavy atom. The highest BCUT2D eigenvalue weighted by molar-refractivity contribution is 5.99. The third kappa shape index (κ3) is 2.99. The van der Waals surface area contributed by atoms with Crippen LogP contribution < -0.4 is 20.7 Å². The molecule has 3 aliphatic rings. The minimum atomic E-state index is -0.0925. The fourth-order valence-electron chi connectivity index (χ4n) is 4.60. The van der Waals surface area contributed by atoms with Crippen LogP contribution in [0.25, 0.3) is 0 Å².